The number of nitrogens with zero attached hydrogens (tertiary/aromatic N) is 6. The smallest absolute Gasteiger partial charge is 0.242 e. The molecule has 134 valence electrons. The van der Waals surface area contributed by atoms with E-state index in [2.05, 4.69) is 26.9 Å². The first-order valence-corrected chi connectivity index (χ1v) is 8.89. The monoisotopic (exact) mass is 370 g/mol. The summed E-state index contributed by atoms with van der Waals surface area (Å²) < 4.78 is 1.84. The molecule has 0 unspecified atom stereocenters. The third-order valence-corrected chi connectivity index (χ3v) is 4.83. The molecular formula is C18H19ClN6O. The zero-order valence-electron chi connectivity index (χ0n) is 14.5. The number of rotatable bonds is 3. The van der Waals surface area contributed by atoms with Gasteiger partial charge < -0.3 is 9.80 Å². The molecule has 0 saturated carbocycles. The summed E-state index contributed by atoms with van der Waals surface area (Å²) in [4.78, 5) is 30.4. The Hall–Kier alpha value is -2.51. The summed E-state index contributed by atoms with van der Waals surface area (Å²) in [6.07, 6.45) is 3.29. The predicted molar refractivity (Wildman–Crippen MR) is 99.8 cm³/mol. The van der Waals surface area contributed by atoms with Gasteiger partial charge in [-0.2, -0.15) is 0 Å². The zero-order valence-corrected chi connectivity index (χ0v) is 15.2. The molecule has 4 heterocycles. The molecule has 0 aliphatic carbocycles. The van der Waals surface area contributed by atoms with E-state index in [1.54, 1.807) is 24.5 Å². The quantitative estimate of drug-likeness (QED) is 0.704. The van der Waals surface area contributed by atoms with Crippen molar-refractivity contribution in [1.82, 2.24) is 29.3 Å². The second kappa shape index (κ2) is 7.01. The van der Waals surface area contributed by atoms with E-state index in [0.717, 1.165) is 31.7 Å². The number of amides is 1. The van der Waals surface area contributed by atoms with Crippen molar-refractivity contribution in [2.24, 2.45) is 0 Å². The topological polar surface area (TPSA) is 67.2 Å². The van der Waals surface area contributed by atoms with Crippen LogP contribution in [0.1, 0.15) is 0 Å². The molecule has 0 spiro atoms. The average Bonchev–Trinajstić information content (AvgIpc) is 3.01. The number of piperazine rings is 1. The predicted octanol–water partition coefficient (Wildman–Crippen LogP) is 1.92. The van der Waals surface area contributed by atoms with Crippen LogP contribution < -0.4 is 0 Å². The van der Waals surface area contributed by atoms with Gasteiger partial charge in [0.05, 0.1) is 5.02 Å². The molecular weight excluding hydrogens is 352 g/mol. The Morgan fingerprint density at radius 2 is 1.96 bits per heavy atom. The number of carbonyl (C=O) groups is 1. The Kier molecular flexibility index (Phi) is 4.57. The summed E-state index contributed by atoms with van der Waals surface area (Å²) in [5.74, 6) is 0.691. The number of aromatic nitrogens is 4. The summed E-state index contributed by atoms with van der Waals surface area (Å²) in [5, 5.41) is 0.558. The molecule has 7 nitrogen and oxygen atoms in total. The van der Waals surface area contributed by atoms with Gasteiger partial charge in [0.2, 0.25) is 5.91 Å². The Morgan fingerprint density at radius 3 is 2.69 bits per heavy atom. The van der Waals surface area contributed by atoms with Gasteiger partial charge in [0.1, 0.15) is 17.8 Å². The fourth-order valence-corrected chi connectivity index (χ4v) is 3.21. The third-order valence-electron chi connectivity index (χ3n) is 4.61. The molecule has 4 rings (SSSR count). The fraction of sp³-hybridized carbons (Fsp3) is 0.333. The fourth-order valence-electron chi connectivity index (χ4n) is 3.10. The highest BCUT2D eigenvalue weighted by Crippen LogP contribution is 2.23. The molecule has 8 heteroatoms. The van der Waals surface area contributed by atoms with Crippen LogP contribution in [-0.4, -0.2) is 68.5 Å². The largest absolute Gasteiger partial charge is 0.339 e. The van der Waals surface area contributed by atoms with E-state index >= 15 is 0 Å². The zero-order chi connectivity index (χ0) is 18.1. The van der Waals surface area contributed by atoms with Crippen LogP contribution in [-0.2, 0) is 11.3 Å². The lowest BCUT2D eigenvalue weighted by atomic mass is 10.3. The lowest BCUT2D eigenvalue weighted by molar-refractivity contribution is -0.133. The van der Waals surface area contributed by atoms with Crippen molar-refractivity contribution in [3.05, 3.63) is 41.7 Å². The van der Waals surface area contributed by atoms with Crippen LogP contribution in [0.3, 0.4) is 0 Å². The normalized spacial score (nSPS) is 15.5. The van der Waals surface area contributed by atoms with Gasteiger partial charge in [-0.25, -0.2) is 9.97 Å². The summed E-state index contributed by atoms with van der Waals surface area (Å²) in [6, 6.07) is 7.29. The van der Waals surface area contributed by atoms with E-state index in [0.29, 0.717) is 22.2 Å². The Balaban J connectivity index is 1.69. The van der Waals surface area contributed by atoms with Gasteiger partial charge in [-0.15, -0.1) is 0 Å². The van der Waals surface area contributed by atoms with Gasteiger partial charge in [0.25, 0.3) is 0 Å². The molecule has 0 radical (unpaired) electrons. The Labute approximate surface area is 156 Å². The first-order chi connectivity index (χ1) is 12.6. The van der Waals surface area contributed by atoms with Crippen LogP contribution in [0.4, 0.5) is 0 Å². The second-order valence-corrected chi connectivity index (χ2v) is 6.85. The van der Waals surface area contributed by atoms with E-state index in [9.17, 15) is 4.79 Å². The van der Waals surface area contributed by atoms with Crippen molar-refractivity contribution < 1.29 is 4.79 Å². The van der Waals surface area contributed by atoms with Crippen LogP contribution >= 0.6 is 11.6 Å². The summed E-state index contributed by atoms with van der Waals surface area (Å²) in [5.41, 5.74) is 2.09. The molecule has 1 saturated heterocycles. The van der Waals surface area contributed by atoms with Crippen molar-refractivity contribution in [1.29, 1.82) is 0 Å². The molecule has 0 N–H and O–H groups in total. The maximum atomic E-state index is 12.8. The molecule has 1 fully saturated rings. The van der Waals surface area contributed by atoms with Gasteiger partial charge >= 0.3 is 0 Å². The highest BCUT2D eigenvalue weighted by atomic mass is 35.5. The first-order valence-electron chi connectivity index (χ1n) is 8.51. The molecule has 1 aliphatic rings. The van der Waals surface area contributed by atoms with E-state index in [-0.39, 0.29) is 12.5 Å². The van der Waals surface area contributed by atoms with E-state index in [1.807, 2.05) is 21.6 Å². The Bertz CT molecular complexity index is 931. The number of carbonyl (C=O) groups excluding carboxylic acids is 1. The number of imidazole rings is 1. The van der Waals surface area contributed by atoms with Gasteiger partial charge in [-0.1, -0.05) is 11.6 Å². The number of halogens is 1. The van der Waals surface area contributed by atoms with Crippen LogP contribution in [0.2, 0.25) is 5.02 Å². The van der Waals surface area contributed by atoms with Crippen molar-refractivity contribution in [3.8, 4) is 11.5 Å². The van der Waals surface area contributed by atoms with Crippen molar-refractivity contribution in [2.45, 2.75) is 6.54 Å². The first kappa shape index (κ1) is 16.9. The SMILES string of the molecule is CN1CCN(C(=O)Cn2c(-c3ccc(Cl)cn3)nc3cccnc32)CC1. The minimum atomic E-state index is 0.0678. The van der Waals surface area contributed by atoms with E-state index in [1.165, 1.54) is 0 Å². The van der Waals surface area contributed by atoms with Crippen LogP contribution in [0.5, 0.6) is 0 Å². The lowest BCUT2D eigenvalue weighted by Crippen LogP contribution is -2.48. The highest BCUT2D eigenvalue weighted by molar-refractivity contribution is 6.30. The van der Waals surface area contributed by atoms with Gasteiger partial charge in [0.15, 0.2) is 11.5 Å². The van der Waals surface area contributed by atoms with Crippen LogP contribution in [0.15, 0.2) is 36.7 Å². The molecule has 3 aromatic heterocycles. The standard InChI is InChI=1S/C18H19ClN6O/c1-23-7-9-24(10-8-23)16(26)12-25-17-15(3-2-6-20-17)22-18(25)14-5-4-13(19)11-21-14/h2-6,11H,7-10,12H2,1H3. The summed E-state index contributed by atoms with van der Waals surface area (Å²) >= 11 is 5.95. The maximum absolute atomic E-state index is 12.8. The Morgan fingerprint density at radius 1 is 1.15 bits per heavy atom. The van der Waals surface area contributed by atoms with E-state index < -0.39 is 0 Å². The van der Waals surface area contributed by atoms with Gasteiger partial charge in [-0.3, -0.25) is 14.3 Å². The minimum absolute atomic E-state index is 0.0678. The molecule has 1 amide bonds. The number of fused-ring (bicyclic) bond motifs is 1. The van der Waals surface area contributed by atoms with Crippen LogP contribution in [0, 0.1) is 0 Å². The molecule has 26 heavy (non-hydrogen) atoms. The molecule has 0 atom stereocenters. The highest BCUT2D eigenvalue weighted by Gasteiger charge is 2.22. The van der Waals surface area contributed by atoms with Gasteiger partial charge in [0, 0.05) is 38.6 Å². The van der Waals surface area contributed by atoms with Crippen molar-refractivity contribution in [3.63, 3.8) is 0 Å². The maximum Gasteiger partial charge on any atom is 0.242 e. The second-order valence-electron chi connectivity index (χ2n) is 6.41. The number of hydrogen-bond donors (Lipinski definition) is 0. The number of likely N-dealkylation sites (N-methyl/N-ethyl adjacent to an activating group) is 1. The summed E-state index contributed by atoms with van der Waals surface area (Å²) in [7, 11) is 2.07. The lowest BCUT2D eigenvalue weighted by Gasteiger charge is -2.32. The van der Waals surface area contributed by atoms with E-state index in [4.69, 9.17) is 11.6 Å². The average molecular weight is 371 g/mol. The molecule has 1 aliphatic heterocycles. The van der Waals surface area contributed by atoms with Crippen molar-refractivity contribution >= 4 is 28.7 Å². The van der Waals surface area contributed by atoms with Crippen molar-refractivity contribution in [2.75, 3.05) is 33.2 Å². The third kappa shape index (κ3) is 3.27. The molecule has 0 aromatic carbocycles. The summed E-state index contributed by atoms with van der Waals surface area (Å²) in [6.45, 7) is 3.45. The number of pyridine rings is 2. The molecule has 0 bridgehead atoms. The van der Waals surface area contributed by atoms with Crippen LogP contribution in [0.25, 0.3) is 22.7 Å². The minimum Gasteiger partial charge on any atom is -0.339 e. The number of hydrogen-bond acceptors (Lipinski definition) is 5. The van der Waals surface area contributed by atoms with Gasteiger partial charge in [-0.05, 0) is 31.3 Å². The molecule has 3 aromatic rings.